The molecule has 0 unspecified atom stereocenters. The van der Waals surface area contributed by atoms with Crippen LogP contribution in [0.4, 0.5) is 11.5 Å². The van der Waals surface area contributed by atoms with E-state index in [0.29, 0.717) is 12.4 Å². The molecule has 0 N–H and O–H groups in total. The van der Waals surface area contributed by atoms with Crippen LogP contribution in [0.25, 0.3) is 0 Å². The topological polar surface area (TPSA) is 83.1 Å². The number of anilines is 1. The summed E-state index contributed by atoms with van der Waals surface area (Å²) in [5, 5.41) is 19.8. The van der Waals surface area contributed by atoms with Crippen molar-refractivity contribution in [2.45, 2.75) is 13.5 Å². The largest absolute Gasteiger partial charge is 0.355 e. The highest BCUT2D eigenvalue weighted by atomic mass is 16.6. The van der Waals surface area contributed by atoms with Gasteiger partial charge in [-0.1, -0.05) is 24.3 Å². The van der Waals surface area contributed by atoms with Gasteiger partial charge in [0.1, 0.15) is 11.9 Å². The molecule has 0 saturated carbocycles. The maximum atomic E-state index is 10.8. The average molecular weight is 282 g/mol. The molecule has 106 valence electrons. The molecular formula is C15H14N4O2. The zero-order valence-electron chi connectivity index (χ0n) is 11.8. The fraction of sp³-hybridized carbons (Fsp3) is 0.200. The molecular weight excluding hydrogens is 268 g/mol. The number of rotatable bonds is 4. The highest BCUT2D eigenvalue weighted by molar-refractivity contribution is 5.51. The van der Waals surface area contributed by atoms with Crippen molar-refractivity contribution in [3.63, 3.8) is 0 Å². The lowest BCUT2D eigenvalue weighted by Crippen LogP contribution is -2.18. The Bertz CT molecular complexity index is 722. The fourth-order valence-electron chi connectivity index (χ4n) is 2.01. The first-order valence-corrected chi connectivity index (χ1v) is 6.34. The molecule has 0 spiro atoms. The molecule has 0 bridgehead atoms. The van der Waals surface area contributed by atoms with Crippen LogP contribution in [0.3, 0.4) is 0 Å². The van der Waals surface area contributed by atoms with Crippen molar-refractivity contribution in [1.29, 1.82) is 5.26 Å². The second-order valence-electron chi connectivity index (χ2n) is 4.69. The highest BCUT2D eigenvalue weighted by Crippen LogP contribution is 2.21. The standard InChI is InChI=1S/C15H14N4O2/c1-11-5-3-4-6-12(11)10-18(2)15-8-7-14(19(20)21)13(9-16)17-15/h3-8H,10H2,1-2H3. The second kappa shape index (κ2) is 6.01. The highest BCUT2D eigenvalue weighted by Gasteiger charge is 2.17. The molecule has 1 aromatic carbocycles. The summed E-state index contributed by atoms with van der Waals surface area (Å²) in [6, 6.07) is 12.6. The summed E-state index contributed by atoms with van der Waals surface area (Å²) in [5.74, 6) is 0.528. The summed E-state index contributed by atoms with van der Waals surface area (Å²) < 4.78 is 0. The number of hydrogen-bond acceptors (Lipinski definition) is 5. The van der Waals surface area contributed by atoms with Gasteiger partial charge in [-0.25, -0.2) is 4.98 Å². The molecule has 0 radical (unpaired) electrons. The van der Waals surface area contributed by atoms with Crippen molar-refractivity contribution in [1.82, 2.24) is 4.98 Å². The molecule has 2 aromatic rings. The number of nitriles is 1. The maximum Gasteiger partial charge on any atom is 0.305 e. The van der Waals surface area contributed by atoms with Gasteiger partial charge in [-0.05, 0) is 24.1 Å². The third-order valence-corrected chi connectivity index (χ3v) is 3.22. The molecule has 2 rings (SSSR count). The first kappa shape index (κ1) is 14.5. The van der Waals surface area contributed by atoms with Crippen molar-refractivity contribution >= 4 is 11.5 Å². The third-order valence-electron chi connectivity index (χ3n) is 3.22. The predicted molar refractivity (Wildman–Crippen MR) is 78.9 cm³/mol. The van der Waals surface area contributed by atoms with Gasteiger partial charge in [-0.15, -0.1) is 0 Å². The molecule has 6 nitrogen and oxygen atoms in total. The average Bonchev–Trinajstić information content (AvgIpc) is 2.48. The molecule has 0 saturated heterocycles. The Morgan fingerprint density at radius 3 is 2.67 bits per heavy atom. The zero-order chi connectivity index (χ0) is 15.4. The molecule has 6 heteroatoms. The van der Waals surface area contributed by atoms with Crippen LogP contribution in [0, 0.1) is 28.4 Å². The number of pyridine rings is 1. The van der Waals surface area contributed by atoms with E-state index in [1.54, 1.807) is 12.1 Å². The van der Waals surface area contributed by atoms with E-state index in [0.717, 1.165) is 11.1 Å². The van der Waals surface area contributed by atoms with Gasteiger partial charge >= 0.3 is 5.69 Å². The van der Waals surface area contributed by atoms with Crippen LogP contribution in [0.1, 0.15) is 16.8 Å². The van der Waals surface area contributed by atoms with Gasteiger partial charge in [0, 0.05) is 19.7 Å². The minimum atomic E-state index is -0.601. The summed E-state index contributed by atoms with van der Waals surface area (Å²) in [6.07, 6.45) is 0. The van der Waals surface area contributed by atoms with Gasteiger partial charge in [0.15, 0.2) is 0 Å². The van der Waals surface area contributed by atoms with Crippen LogP contribution in [-0.2, 0) is 6.54 Å². The van der Waals surface area contributed by atoms with Gasteiger partial charge in [-0.2, -0.15) is 5.26 Å². The number of hydrogen-bond donors (Lipinski definition) is 0. The van der Waals surface area contributed by atoms with Crippen molar-refractivity contribution < 1.29 is 4.92 Å². The number of nitrogens with zero attached hydrogens (tertiary/aromatic N) is 4. The summed E-state index contributed by atoms with van der Waals surface area (Å²) in [7, 11) is 1.84. The Hall–Kier alpha value is -2.94. The van der Waals surface area contributed by atoms with Crippen LogP contribution in [0.15, 0.2) is 36.4 Å². The smallest absolute Gasteiger partial charge is 0.305 e. The van der Waals surface area contributed by atoms with Crippen molar-refractivity contribution in [3.05, 3.63) is 63.3 Å². The van der Waals surface area contributed by atoms with Gasteiger partial charge in [-0.3, -0.25) is 10.1 Å². The second-order valence-corrected chi connectivity index (χ2v) is 4.69. The molecule has 21 heavy (non-hydrogen) atoms. The lowest BCUT2D eigenvalue weighted by atomic mass is 10.1. The Balaban J connectivity index is 2.28. The quantitative estimate of drug-likeness (QED) is 0.636. The van der Waals surface area contributed by atoms with E-state index in [-0.39, 0.29) is 11.4 Å². The zero-order valence-corrected chi connectivity index (χ0v) is 11.8. The first-order valence-electron chi connectivity index (χ1n) is 6.34. The van der Waals surface area contributed by atoms with E-state index in [4.69, 9.17) is 5.26 Å². The van der Waals surface area contributed by atoms with Crippen LogP contribution in [-0.4, -0.2) is 17.0 Å². The maximum absolute atomic E-state index is 10.8. The van der Waals surface area contributed by atoms with Crippen molar-refractivity contribution in [2.24, 2.45) is 0 Å². The molecule has 0 aliphatic carbocycles. The summed E-state index contributed by atoms with van der Waals surface area (Å²) >= 11 is 0. The fourth-order valence-corrected chi connectivity index (χ4v) is 2.01. The number of nitro groups is 1. The van der Waals surface area contributed by atoms with Gasteiger partial charge in [0.25, 0.3) is 0 Å². The number of aromatic nitrogens is 1. The number of benzene rings is 1. The monoisotopic (exact) mass is 282 g/mol. The summed E-state index contributed by atoms with van der Waals surface area (Å²) in [5.41, 5.74) is 1.85. The van der Waals surface area contributed by atoms with Crippen LogP contribution in [0.5, 0.6) is 0 Å². The number of aryl methyl sites for hydroxylation is 1. The first-order chi connectivity index (χ1) is 10.0. The summed E-state index contributed by atoms with van der Waals surface area (Å²) in [6.45, 7) is 2.63. The van der Waals surface area contributed by atoms with Crippen LogP contribution >= 0.6 is 0 Å². The van der Waals surface area contributed by atoms with Gasteiger partial charge in [0.05, 0.1) is 4.92 Å². The van der Waals surface area contributed by atoms with E-state index in [9.17, 15) is 10.1 Å². The normalized spacial score (nSPS) is 9.95. The van der Waals surface area contributed by atoms with E-state index in [1.807, 2.05) is 43.1 Å². The van der Waals surface area contributed by atoms with E-state index in [2.05, 4.69) is 4.98 Å². The van der Waals surface area contributed by atoms with E-state index >= 15 is 0 Å². The van der Waals surface area contributed by atoms with Crippen molar-refractivity contribution in [3.8, 4) is 6.07 Å². The van der Waals surface area contributed by atoms with E-state index in [1.165, 1.54) is 6.07 Å². The van der Waals surface area contributed by atoms with E-state index < -0.39 is 4.92 Å². The molecule has 0 aliphatic rings. The molecule has 0 aliphatic heterocycles. The molecule has 0 fully saturated rings. The Morgan fingerprint density at radius 1 is 1.33 bits per heavy atom. The lowest BCUT2D eigenvalue weighted by molar-refractivity contribution is -0.385. The Kier molecular flexibility index (Phi) is 4.14. The Labute approximate surface area is 122 Å². The van der Waals surface area contributed by atoms with Crippen LogP contribution < -0.4 is 4.90 Å². The predicted octanol–water partition coefficient (Wildman–Crippen LogP) is 2.81. The molecule has 0 atom stereocenters. The van der Waals surface area contributed by atoms with Gasteiger partial charge in [0.2, 0.25) is 5.69 Å². The molecule has 1 heterocycles. The summed E-state index contributed by atoms with van der Waals surface area (Å²) in [4.78, 5) is 16.1. The minimum absolute atomic E-state index is 0.172. The van der Waals surface area contributed by atoms with Crippen molar-refractivity contribution in [2.75, 3.05) is 11.9 Å². The Morgan fingerprint density at radius 2 is 2.05 bits per heavy atom. The van der Waals surface area contributed by atoms with Gasteiger partial charge < -0.3 is 4.90 Å². The van der Waals surface area contributed by atoms with Crippen LogP contribution in [0.2, 0.25) is 0 Å². The molecule has 1 aromatic heterocycles. The SMILES string of the molecule is Cc1ccccc1CN(C)c1ccc([N+](=O)[O-])c(C#N)n1. The third kappa shape index (κ3) is 3.15. The molecule has 0 amide bonds. The minimum Gasteiger partial charge on any atom is -0.355 e. The lowest BCUT2D eigenvalue weighted by Gasteiger charge is -2.19.